The van der Waals surface area contributed by atoms with Gasteiger partial charge in [0.2, 0.25) is 0 Å². The summed E-state index contributed by atoms with van der Waals surface area (Å²) in [6, 6.07) is 16.9. The van der Waals surface area contributed by atoms with E-state index in [1.54, 1.807) is 0 Å². The van der Waals surface area contributed by atoms with Gasteiger partial charge in [-0.25, -0.2) is 0 Å². The van der Waals surface area contributed by atoms with Crippen LogP contribution >= 0.6 is 11.6 Å². The maximum atomic E-state index is 6.03. The predicted molar refractivity (Wildman–Crippen MR) is 89.8 cm³/mol. The highest BCUT2D eigenvalue weighted by molar-refractivity contribution is 6.30. The van der Waals surface area contributed by atoms with E-state index in [2.05, 4.69) is 53.8 Å². The molecular formula is C18H19ClN2. The standard InChI is InChI=1S/C18H19ClN2/c1-13(9-14-5-4-6-16(19)10-14)20-11-15-12-21-18-8-3-2-7-17(15)18/h2-8,10,12-13,20-21H,9,11H2,1H3. The second kappa shape index (κ2) is 6.33. The van der Waals surface area contributed by atoms with Gasteiger partial charge in [-0.05, 0) is 42.7 Å². The van der Waals surface area contributed by atoms with Crippen LogP contribution in [0.1, 0.15) is 18.1 Å². The molecule has 0 saturated heterocycles. The first-order valence-corrected chi connectivity index (χ1v) is 7.63. The number of hydrogen-bond donors (Lipinski definition) is 2. The van der Waals surface area contributed by atoms with Gasteiger partial charge >= 0.3 is 0 Å². The van der Waals surface area contributed by atoms with Crippen LogP contribution in [0.15, 0.2) is 54.7 Å². The molecule has 0 aliphatic rings. The Balaban J connectivity index is 1.62. The Kier molecular flexibility index (Phi) is 4.28. The van der Waals surface area contributed by atoms with Gasteiger partial charge in [-0.2, -0.15) is 0 Å². The second-order valence-corrected chi connectivity index (χ2v) is 5.91. The number of halogens is 1. The molecule has 0 bridgehead atoms. The van der Waals surface area contributed by atoms with Crippen LogP contribution in [0.5, 0.6) is 0 Å². The summed E-state index contributed by atoms with van der Waals surface area (Å²) in [7, 11) is 0. The van der Waals surface area contributed by atoms with Gasteiger partial charge in [0.15, 0.2) is 0 Å². The minimum Gasteiger partial charge on any atom is -0.361 e. The van der Waals surface area contributed by atoms with Gasteiger partial charge in [0, 0.05) is 34.7 Å². The number of aromatic nitrogens is 1. The lowest BCUT2D eigenvalue weighted by atomic mass is 10.1. The third kappa shape index (κ3) is 3.46. The fourth-order valence-corrected chi connectivity index (χ4v) is 2.86. The van der Waals surface area contributed by atoms with E-state index in [1.807, 2.05) is 18.2 Å². The molecule has 1 heterocycles. The molecule has 1 atom stereocenters. The normalized spacial score (nSPS) is 12.7. The summed E-state index contributed by atoms with van der Waals surface area (Å²) in [5.41, 5.74) is 3.77. The minimum atomic E-state index is 0.400. The largest absolute Gasteiger partial charge is 0.361 e. The first-order chi connectivity index (χ1) is 10.2. The van der Waals surface area contributed by atoms with Crippen molar-refractivity contribution in [1.29, 1.82) is 0 Å². The molecule has 3 rings (SSSR count). The summed E-state index contributed by atoms with van der Waals surface area (Å²) in [6.07, 6.45) is 3.06. The van der Waals surface area contributed by atoms with Crippen molar-refractivity contribution in [3.05, 3.63) is 70.9 Å². The van der Waals surface area contributed by atoms with Gasteiger partial charge in [-0.3, -0.25) is 0 Å². The maximum absolute atomic E-state index is 6.03. The van der Waals surface area contributed by atoms with E-state index in [4.69, 9.17) is 11.6 Å². The summed E-state index contributed by atoms with van der Waals surface area (Å²) in [4.78, 5) is 3.31. The van der Waals surface area contributed by atoms with E-state index in [9.17, 15) is 0 Å². The lowest BCUT2D eigenvalue weighted by Crippen LogP contribution is -2.27. The maximum Gasteiger partial charge on any atom is 0.0457 e. The van der Waals surface area contributed by atoms with Crippen molar-refractivity contribution in [2.45, 2.75) is 25.9 Å². The van der Waals surface area contributed by atoms with E-state index in [-0.39, 0.29) is 0 Å². The third-order valence-corrected chi connectivity index (χ3v) is 3.98. The number of fused-ring (bicyclic) bond motifs is 1. The van der Waals surface area contributed by atoms with Crippen LogP contribution in [0.4, 0.5) is 0 Å². The Morgan fingerprint density at radius 3 is 2.86 bits per heavy atom. The average Bonchev–Trinajstić information content (AvgIpc) is 2.88. The van der Waals surface area contributed by atoms with Crippen LogP contribution in [0.2, 0.25) is 5.02 Å². The molecule has 2 aromatic carbocycles. The highest BCUT2D eigenvalue weighted by Gasteiger charge is 2.06. The lowest BCUT2D eigenvalue weighted by Gasteiger charge is -2.13. The summed E-state index contributed by atoms with van der Waals surface area (Å²) in [6.45, 7) is 3.07. The van der Waals surface area contributed by atoms with Crippen molar-refractivity contribution in [3.8, 4) is 0 Å². The smallest absolute Gasteiger partial charge is 0.0457 e. The molecular weight excluding hydrogens is 280 g/mol. The Bertz CT molecular complexity index is 733. The van der Waals surface area contributed by atoms with Crippen LogP contribution in [0.25, 0.3) is 10.9 Å². The van der Waals surface area contributed by atoms with Crippen LogP contribution in [-0.4, -0.2) is 11.0 Å². The molecule has 2 N–H and O–H groups in total. The number of rotatable bonds is 5. The molecule has 2 nitrogen and oxygen atoms in total. The van der Waals surface area contributed by atoms with Gasteiger partial charge in [0.25, 0.3) is 0 Å². The molecule has 0 amide bonds. The lowest BCUT2D eigenvalue weighted by molar-refractivity contribution is 0.547. The minimum absolute atomic E-state index is 0.400. The summed E-state index contributed by atoms with van der Waals surface area (Å²) >= 11 is 6.03. The Labute approximate surface area is 130 Å². The van der Waals surface area contributed by atoms with Gasteiger partial charge in [-0.15, -0.1) is 0 Å². The predicted octanol–water partition coefficient (Wildman–Crippen LogP) is 4.54. The topological polar surface area (TPSA) is 27.8 Å². The van der Waals surface area contributed by atoms with Gasteiger partial charge in [0.05, 0.1) is 0 Å². The van der Waals surface area contributed by atoms with E-state index >= 15 is 0 Å². The number of H-pyrrole nitrogens is 1. The van der Waals surface area contributed by atoms with E-state index < -0.39 is 0 Å². The highest BCUT2D eigenvalue weighted by atomic mass is 35.5. The number of benzene rings is 2. The Morgan fingerprint density at radius 2 is 2.00 bits per heavy atom. The summed E-state index contributed by atoms with van der Waals surface area (Å²) in [5.74, 6) is 0. The first kappa shape index (κ1) is 14.2. The van der Waals surface area contributed by atoms with Crippen molar-refractivity contribution in [1.82, 2.24) is 10.3 Å². The SMILES string of the molecule is CC(Cc1cccc(Cl)c1)NCc1c[nH]c2ccccc12. The zero-order valence-corrected chi connectivity index (χ0v) is 12.8. The molecule has 0 fully saturated rings. The van der Waals surface area contributed by atoms with Crippen molar-refractivity contribution in [2.75, 3.05) is 0 Å². The zero-order chi connectivity index (χ0) is 14.7. The number of hydrogen-bond acceptors (Lipinski definition) is 1. The van der Waals surface area contributed by atoms with Gasteiger partial charge in [-0.1, -0.05) is 41.9 Å². The van der Waals surface area contributed by atoms with Crippen LogP contribution in [0, 0.1) is 0 Å². The van der Waals surface area contributed by atoms with Gasteiger partial charge in [0.1, 0.15) is 0 Å². The molecule has 1 aromatic heterocycles. The first-order valence-electron chi connectivity index (χ1n) is 7.25. The monoisotopic (exact) mass is 298 g/mol. The molecule has 3 aromatic rings. The van der Waals surface area contributed by atoms with E-state index in [1.165, 1.54) is 22.0 Å². The van der Waals surface area contributed by atoms with E-state index in [0.717, 1.165) is 18.0 Å². The molecule has 108 valence electrons. The summed E-state index contributed by atoms with van der Waals surface area (Å²) < 4.78 is 0. The fraction of sp³-hybridized carbons (Fsp3) is 0.222. The molecule has 0 aliphatic carbocycles. The number of aromatic amines is 1. The van der Waals surface area contributed by atoms with Gasteiger partial charge < -0.3 is 10.3 Å². The quantitative estimate of drug-likeness (QED) is 0.711. The van der Waals surface area contributed by atoms with Crippen molar-refractivity contribution in [2.24, 2.45) is 0 Å². The Morgan fingerprint density at radius 1 is 1.14 bits per heavy atom. The molecule has 0 spiro atoms. The molecule has 0 saturated carbocycles. The Hall–Kier alpha value is -1.77. The van der Waals surface area contributed by atoms with Crippen molar-refractivity contribution >= 4 is 22.5 Å². The average molecular weight is 299 g/mol. The van der Waals surface area contributed by atoms with Crippen molar-refractivity contribution in [3.63, 3.8) is 0 Å². The number of nitrogens with one attached hydrogen (secondary N) is 2. The van der Waals surface area contributed by atoms with Crippen LogP contribution in [-0.2, 0) is 13.0 Å². The fourth-order valence-electron chi connectivity index (χ4n) is 2.65. The van der Waals surface area contributed by atoms with Crippen molar-refractivity contribution < 1.29 is 0 Å². The zero-order valence-electron chi connectivity index (χ0n) is 12.1. The molecule has 3 heteroatoms. The second-order valence-electron chi connectivity index (χ2n) is 5.48. The van der Waals surface area contributed by atoms with Crippen LogP contribution in [0.3, 0.4) is 0 Å². The van der Waals surface area contributed by atoms with Crippen LogP contribution < -0.4 is 5.32 Å². The van der Waals surface area contributed by atoms with E-state index in [0.29, 0.717) is 6.04 Å². The molecule has 21 heavy (non-hydrogen) atoms. The third-order valence-electron chi connectivity index (χ3n) is 3.75. The summed E-state index contributed by atoms with van der Waals surface area (Å²) in [5, 5.41) is 5.68. The highest BCUT2D eigenvalue weighted by Crippen LogP contribution is 2.18. The molecule has 1 unspecified atom stereocenters. The molecule has 0 radical (unpaired) electrons. The molecule has 0 aliphatic heterocycles. The number of para-hydroxylation sites is 1.